The number of fused-ring (bicyclic) bond motifs is 1. The minimum absolute atomic E-state index is 0.135. The molecule has 3 rings (SSSR count). The molecule has 2 atom stereocenters. The van der Waals surface area contributed by atoms with Crippen molar-refractivity contribution < 1.29 is 24.5 Å². The van der Waals surface area contributed by atoms with Gasteiger partial charge in [0.25, 0.3) is 5.91 Å². The first kappa shape index (κ1) is 19.7. The number of aliphatic hydroxyl groups is 2. The number of likely N-dealkylation sites (tertiary alicyclic amines) is 1. The van der Waals surface area contributed by atoms with E-state index in [9.17, 15) is 15.0 Å². The molecule has 0 spiro atoms. The molecule has 27 heavy (non-hydrogen) atoms. The van der Waals surface area contributed by atoms with Gasteiger partial charge in [-0.25, -0.2) is 0 Å². The fourth-order valence-electron chi connectivity index (χ4n) is 3.96. The molecule has 7 heteroatoms. The monoisotopic (exact) mass is 376 g/mol. The standard InChI is InChI=1S/C20H28N2O5/c1-26-10-4-8-20(13-23)12-22(9-7-18(20)24)19(25)16-11-14-15(21-16)5-3-6-17(14)27-2/h3,5-6,11,18,21,23-24H,4,7-10,12-13H2,1-2H3/t18-,20+/m1/s1. The van der Waals surface area contributed by atoms with Crippen LogP contribution in [0.4, 0.5) is 0 Å². The summed E-state index contributed by atoms with van der Waals surface area (Å²) < 4.78 is 10.5. The first-order chi connectivity index (χ1) is 13.0. The highest BCUT2D eigenvalue weighted by atomic mass is 16.5. The maximum absolute atomic E-state index is 13.1. The van der Waals surface area contributed by atoms with E-state index < -0.39 is 11.5 Å². The van der Waals surface area contributed by atoms with Gasteiger partial charge in [-0.3, -0.25) is 4.79 Å². The smallest absolute Gasteiger partial charge is 0.270 e. The van der Waals surface area contributed by atoms with E-state index in [1.807, 2.05) is 18.2 Å². The van der Waals surface area contributed by atoms with Crippen molar-refractivity contribution in [2.75, 3.05) is 40.5 Å². The third-order valence-electron chi connectivity index (χ3n) is 5.58. The van der Waals surface area contributed by atoms with Gasteiger partial charge in [-0.2, -0.15) is 0 Å². The molecule has 1 fully saturated rings. The molecule has 148 valence electrons. The molecule has 7 nitrogen and oxygen atoms in total. The number of benzene rings is 1. The lowest BCUT2D eigenvalue weighted by atomic mass is 9.74. The molecule has 0 bridgehead atoms. The number of H-pyrrole nitrogens is 1. The van der Waals surface area contributed by atoms with E-state index in [1.165, 1.54) is 0 Å². The predicted octanol–water partition coefficient (Wildman–Crippen LogP) is 1.79. The summed E-state index contributed by atoms with van der Waals surface area (Å²) in [6.45, 7) is 1.17. The highest BCUT2D eigenvalue weighted by Gasteiger charge is 2.43. The summed E-state index contributed by atoms with van der Waals surface area (Å²) in [6.07, 6.45) is 1.14. The average molecular weight is 376 g/mol. The number of nitrogens with one attached hydrogen (secondary N) is 1. The van der Waals surface area contributed by atoms with Crippen LogP contribution in [0.2, 0.25) is 0 Å². The molecular weight excluding hydrogens is 348 g/mol. The molecule has 1 saturated heterocycles. The summed E-state index contributed by atoms with van der Waals surface area (Å²) in [7, 11) is 3.23. The van der Waals surface area contributed by atoms with E-state index in [4.69, 9.17) is 9.47 Å². The van der Waals surface area contributed by atoms with E-state index in [0.717, 1.165) is 17.3 Å². The zero-order valence-electron chi connectivity index (χ0n) is 15.9. The van der Waals surface area contributed by atoms with Crippen molar-refractivity contribution in [2.24, 2.45) is 5.41 Å². The Morgan fingerprint density at radius 1 is 1.41 bits per heavy atom. The first-order valence-electron chi connectivity index (χ1n) is 9.27. The molecule has 0 aliphatic carbocycles. The van der Waals surface area contributed by atoms with Gasteiger partial charge in [0.2, 0.25) is 0 Å². The van der Waals surface area contributed by atoms with Gasteiger partial charge in [0.1, 0.15) is 11.4 Å². The Bertz CT molecular complexity index is 790. The van der Waals surface area contributed by atoms with Crippen molar-refractivity contribution in [1.82, 2.24) is 9.88 Å². The number of carbonyl (C=O) groups excluding carboxylic acids is 1. The van der Waals surface area contributed by atoms with Gasteiger partial charge >= 0.3 is 0 Å². The number of hydrogen-bond acceptors (Lipinski definition) is 5. The lowest BCUT2D eigenvalue weighted by Crippen LogP contribution is -2.55. The second-order valence-electron chi connectivity index (χ2n) is 7.25. The van der Waals surface area contributed by atoms with Crippen LogP contribution in [0.3, 0.4) is 0 Å². The van der Waals surface area contributed by atoms with Gasteiger partial charge in [-0.1, -0.05) is 6.07 Å². The van der Waals surface area contributed by atoms with E-state index >= 15 is 0 Å². The van der Waals surface area contributed by atoms with Crippen LogP contribution in [0.25, 0.3) is 10.9 Å². The number of piperidine rings is 1. The number of methoxy groups -OCH3 is 2. The minimum atomic E-state index is -0.712. The molecular formula is C20H28N2O5. The summed E-state index contributed by atoms with van der Waals surface area (Å²) in [6, 6.07) is 7.43. The van der Waals surface area contributed by atoms with Gasteiger partial charge in [0, 0.05) is 43.1 Å². The Labute approximate surface area is 158 Å². The Balaban J connectivity index is 1.82. The van der Waals surface area contributed by atoms with E-state index in [2.05, 4.69) is 4.98 Å². The van der Waals surface area contributed by atoms with Crippen LogP contribution in [0.5, 0.6) is 5.75 Å². The predicted molar refractivity (Wildman–Crippen MR) is 102 cm³/mol. The van der Waals surface area contributed by atoms with E-state index in [1.54, 1.807) is 25.2 Å². The van der Waals surface area contributed by atoms with Crippen LogP contribution in [0.15, 0.2) is 24.3 Å². The summed E-state index contributed by atoms with van der Waals surface area (Å²) in [5.41, 5.74) is 0.605. The van der Waals surface area contributed by atoms with Crippen molar-refractivity contribution >= 4 is 16.8 Å². The van der Waals surface area contributed by atoms with Crippen LogP contribution < -0.4 is 4.74 Å². The molecule has 2 heterocycles. The second-order valence-corrected chi connectivity index (χ2v) is 7.25. The summed E-state index contributed by atoms with van der Waals surface area (Å²) in [4.78, 5) is 18.0. The van der Waals surface area contributed by atoms with Crippen molar-refractivity contribution in [1.29, 1.82) is 0 Å². The maximum atomic E-state index is 13.1. The molecule has 3 N–H and O–H groups in total. The number of aromatic amines is 1. The largest absolute Gasteiger partial charge is 0.496 e. The summed E-state index contributed by atoms with van der Waals surface area (Å²) in [5.74, 6) is 0.575. The van der Waals surface area contributed by atoms with Crippen LogP contribution in [-0.2, 0) is 4.74 Å². The van der Waals surface area contributed by atoms with Gasteiger partial charge in [-0.15, -0.1) is 0 Å². The van der Waals surface area contributed by atoms with Crippen molar-refractivity contribution in [3.05, 3.63) is 30.0 Å². The molecule has 1 aliphatic rings. The molecule has 1 aromatic carbocycles. The van der Waals surface area contributed by atoms with Crippen LogP contribution in [0, 0.1) is 5.41 Å². The molecule has 1 aliphatic heterocycles. The Morgan fingerprint density at radius 3 is 2.93 bits per heavy atom. The zero-order valence-corrected chi connectivity index (χ0v) is 15.9. The average Bonchev–Trinajstić information content (AvgIpc) is 3.13. The Hall–Kier alpha value is -2.09. The SMILES string of the molecule is COCCC[C@@]1(CO)CN(C(=O)c2cc3c(OC)cccc3[nH]2)CC[C@H]1O. The van der Waals surface area contributed by atoms with Crippen molar-refractivity contribution in [2.45, 2.75) is 25.4 Å². The Kier molecular flexibility index (Phi) is 6.04. The molecule has 1 aromatic heterocycles. The molecule has 1 amide bonds. The zero-order chi connectivity index (χ0) is 19.4. The molecule has 0 radical (unpaired) electrons. The number of aliphatic hydroxyl groups excluding tert-OH is 2. The van der Waals surface area contributed by atoms with Crippen LogP contribution in [-0.4, -0.2) is 72.6 Å². The minimum Gasteiger partial charge on any atom is -0.496 e. The van der Waals surface area contributed by atoms with Gasteiger partial charge in [0.05, 0.1) is 19.8 Å². The number of carbonyl (C=O) groups is 1. The third kappa shape index (κ3) is 3.81. The van der Waals surface area contributed by atoms with Gasteiger partial charge in [0.15, 0.2) is 0 Å². The molecule has 2 aromatic rings. The lowest BCUT2D eigenvalue weighted by molar-refractivity contribution is -0.0745. The first-order valence-corrected chi connectivity index (χ1v) is 9.27. The van der Waals surface area contributed by atoms with Crippen LogP contribution in [0.1, 0.15) is 29.8 Å². The number of rotatable bonds is 7. The van der Waals surface area contributed by atoms with Crippen molar-refractivity contribution in [3.8, 4) is 5.75 Å². The number of hydrogen-bond donors (Lipinski definition) is 3. The lowest BCUT2D eigenvalue weighted by Gasteiger charge is -2.45. The van der Waals surface area contributed by atoms with Crippen molar-refractivity contribution in [3.63, 3.8) is 0 Å². The normalized spacial score (nSPS) is 23.0. The highest BCUT2D eigenvalue weighted by molar-refractivity contribution is 5.99. The molecule has 0 unspecified atom stereocenters. The fraction of sp³-hybridized carbons (Fsp3) is 0.550. The maximum Gasteiger partial charge on any atom is 0.270 e. The summed E-state index contributed by atoms with van der Waals surface area (Å²) in [5, 5.41) is 21.4. The highest BCUT2D eigenvalue weighted by Crippen LogP contribution is 2.36. The Morgan fingerprint density at radius 2 is 2.22 bits per heavy atom. The topological polar surface area (TPSA) is 95.0 Å². The van der Waals surface area contributed by atoms with Gasteiger partial charge < -0.3 is 29.6 Å². The number of ether oxygens (including phenoxy) is 2. The fourth-order valence-corrected chi connectivity index (χ4v) is 3.96. The molecule has 0 saturated carbocycles. The van der Waals surface area contributed by atoms with Crippen LogP contribution >= 0.6 is 0 Å². The number of amides is 1. The van der Waals surface area contributed by atoms with E-state index in [0.29, 0.717) is 44.0 Å². The quantitative estimate of drug-likeness (QED) is 0.641. The number of nitrogens with zero attached hydrogens (tertiary/aromatic N) is 1. The second kappa shape index (κ2) is 8.29. The third-order valence-corrected chi connectivity index (χ3v) is 5.58. The summed E-state index contributed by atoms with van der Waals surface area (Å²) >= 11 is 0. The van der Waals surface area contributed by atoms with E-state index in [-0.39, 0.29) is 12.5 Å². The van der Waals surface area contributed by atoms with Gasteiger partial charge in [-0.05, 0) is 37.5 Å². The number of aromatic nitrogens is 1.